The van der Waals surface area contributed by atoms with Crippen molar-refractivity contribution in [3.63, 3.8) is 0 Å². The molecule has 32 heavy (non-hydrogen) atoms. The summed E-state index contributed by atoms with van der Waals surface area (Å²) >= 11 is 1.26. The number of fused-ring (bicyclic) bond motifs is 1. The molecular formula is C22H24N2O7S. The third kappa shape index (κ3) is 4.70. The summed E-state index contributed by atoms with van der Waals surface area (Å²) in [6.45, 7) is 5.04. The van der Waals surface area contributed by atoms with E-state index in [1.165, 1.54) is 25.6 Å². The number of hydrogen-bond donors (Lipinski definition) is 2. The van der Waals surface area contributed by atoms with Gasteiger partial charge in [0, 0.05) is 16.3 Å². The van der Waals surface area contributed by atoms with Gasteiger partial charge in [0.25, 0.3) is 5.91 Å². The van der Waals surface area contributed by atoms with E-state index in [1.807, 2.05) is 6.92 Å². The van der Waals surface area contributed by atoms with Crippen LogP contribution in [0.2, 0.25) is 0 Å². The van der Waals surface area contributed by atoms with Crippen LogP contribution in [0.15, 0.2) is 18.2 Å². The number of H-pyrrole nitrogens is 1. The third-order valence-electron chi connectivity index (χ3n) is 4.79. The maximum Gasteiger partial charge on any atom is 0.355 e. The molecule has 2 heterocycles. The Morgan fingerprint density at radius 1 is 1.03 bits per heavy atom. The molecule has 0 fully saturated rings. The second-order valence-electron chi connectivity index (χ2n) is 6.81. The van der Waals surface area contributed by atoms with Crippen molar-refractivity contribution in [2.75, 3.05) is 32.8 Å². The van der Waals surface area contributed by atoms with Crippen LogP contribution in [0.25, 0.3) is 10.9 Å². The quantitative estimate of drug-likeness (QED) is 0.491. The molecule has 170 valence electrons. The predicted octanol–water partition coefficient (Wildman–Crippen LogP) is 3.84. The average Bonchev–Trinajstić information content (AvgIpc) is 3.32. The summed E-state index contributed by atoms with van der Waals surface area (Å²) in [5.41, 5.74) is 1.82. The smallest absolute Gasteiger partial charge is 0.355 e. The number of nitrogens with one attached hydrogen (secondary N) is 2. The summed E-state index contributed by atoms with van der Waals surface area (Å²) in [5.74, 6) is -0.705. The van der Waals surface area contributed by atoms with Gasteiger partial charge in [0.1, 0.15) is 22.2 Å². The van der Waals surface area contributed by atoms with E-state index in [0.29, 0.717) is 33.0 Å². The Morgan fingerprint density at radius 2 is 1.78 bits per heavy atom. The van der Waals surface area contributed by atoms with Gasteiger partial charge < -0.3 is 29.2 Å². The van der Waals surface area contributed by atoms with Crippen molar-refractivity contribution in [3.8, 4) is 11.5 Å². The van der Waals surface area contributed by atoms with Gasteiger partial charge in [-0.1, -0.05) is 0 Å². The number of amides is 1. The zero-order valence-corrected chi connectivity index (χ0v) is 19.2. The predicted molar refractivity (Wildman–Crippen MR) is 120 cm³/mol. The highest BCUT2D eigenvalue weighted by Gasteiger charge is 2.23. The summed E-state index contributed by atoms with van der Waals surface area (Å²) in [7, 11) is 3.04. The van der Waals surface area contributed by atoms with Gasteiger partial charge in [-0.25, -0.2) is 9.59 Å². The zero-order valence-electron chi connectivity index (χ0n) is 18.4. The number of hydrogen-bond acceptors (Lipinski definition) is 8. The first-order chi connectivity index (χ1) is 15.3. The molecule has 0 saturated heterocycles. The Balaban J connectivity index is 1.70. The van der Waals surface area contributed by atoms with Crippen LogP contribution >= 0.6 is 11.3 Å². The zero-order chi connectivity index (χ0) is 23.4. The van der Waals surface area contributed by atoms with E-state index in [9.17, 15) is 14.4 Å². The monoisotopic (exact) mass is 460 g/mol. The molecule has 2 aromatic heterocycles. The fourth-order valence-electron chi connectivity index (χ4n) is 3.11. The Kier molecular flexibility index (Phi) is 7.04. The standard InChI is InChI=1S/C22H24N2O7S/c1-6-30-22(27)18-11(2)12(3)32-20(18)24-17(25)10-31-21(26)15-8-13-7-14(28-4)9-16(29-5)19(13)23-15/h7-9,23H,6,10H2,1-5H3,(H,24,25). The molecule has 0 bridgehead atoms. The number of ether oxygens (including phenoxy) is 4. The van der Waals surface area contributed by atoms with E-state index in [1.54, 1.807) is 32.0 Å². The van der Waals surface area contributed by atoms with Gasteiger partial charge >= 0.3 is 11.9 Å². The maximum absolute atomic E-state index is 12.5. The molecule has 3 rings (SSSR count). The minimum absolute atomic E-state index is 0.161. The van der Waals surface area contributed by atoms with E-state index in [0.717, 1.165) is 10.4 Å². The summed E-state index contributed by atoms with van der Waals surface area (Å²) in [5, 5.41) is 3.69. The molecule has 0 radical (unpaired) electrons. The molecule has 0 aliphatic carbocycles. The number of esters is 2. The lowest BCUT2D eigenvalue weighted by atomic mass is 10.1. The topological polar surface area (TPSA) is 116 Å². The first-order valence-corrected chi connectivity index (χ1v) is 10.6. The summed E-state index contributed by atoms with van der Waals surface area (Å²) in [4.78, 5) is 40.9. The highest BCUT2D eigenvalue weighted by atomic mass is 32.1. The number of carbonyl (C=O) groups excluding carboxylic acids is 3. The number of anilines is 1. The van der Waals surface area contributed by atoms with Gasteiger partial charge in [0.05, 0.1) is 31.9 Å². The number of aryl methyl sites for hydroxylation is 1. The molecule has 1 amide bonds. The number of benzene rings is 1. The van der Waals surface area contributed by atoms with Crippen molar-refractivity contribution in [1.29, 1.82) is 0 Å². The molecular weight excluding hydrogens is 436 g/mol. The number of aromatic amines is 1. The average molecular weight is 461 g/mol. The molecule has 0 saturated carbocycles. The van der Waals surface area contributed by atoms with E-state index in [-0.39, 0.29) is 12.3 Å². The summed E-state index contributed by atoms with van der Waals surface area (Å²) < 4.78 is 20.8. The van der Waals surface area contributed by atoms with Gasteiger partial charge in [-0.05, 0) is 38.5 Å². The van der Waals surface area contributed by atoms with Crippen molar-refractivity contribution in [3.05, 3.63) is 39.9 Å². The first-order valence-electron chi connectivity index (χ1n) is 9.77. The second kappa shape index (κ2) is 9.73. The molecule has 10 heteroatoms. The number of thiophene rings is 1. The number of carbonyl (C=O) groups is 3. The van der Waals surface area contributed by atoms with Gasteiger partial charge in [-0.3, -0.25) is 4.79 Å². The molecule has 9 nitrogen and oxygen atoms in total. The molecule has 0 aliphatic rings. The molecule has 1 aromatic carbocycles. The van der Waals surface area contributed by atoms with Crippen LogP contribution in [0.1, 0.15) is 38.2 Å². The van der Waals surface area contributed by atoms with E-state index >= 15 is 0 Å². The molecule has 0 spiro atoms. The van der Waals surface area contributed by atoms with Gasteiger partial charge in [-0.15, -0.1) is 11.3 Å². The summed E-state index contributed by atoms with van der Waals surface area (Å²) in [6, 6.07) is 5.02. The van der Waals surface area contributed by atoms with Crippen LogP contribution in [0.4, 0.5) is 5.00 Å². The van der Waals surface area contributed by atoms with E-state index in [4.69, 9.17) is 18.9 Å². The first kappa shape index (κ1) is 23.1. The van der Waals surface area contributed by atoms with E-state index < -0.39 is 24.5 Å². The fraction of sp³-hybridized carbons (Fsp3) is 0.318. The highest BCUT2D eigenvalue weighted by molar-refractivity contribution is 7.16. The minimum atomic E-state index is -0.707. The van der Waals surface area contributed by atoms with Gasteiger partial charge in [-0.2, -0.15) is 0 Å². The van der Waals surface area contributed by atoms with Crippen LogP contribution in [0, 0.1) is 13.8 Å². The number of rotatable bonds is 8. The van der Waals surface area contributed by atoms with Gasteiger partial charge in [0.2, 0.25) is 0 Å². The van der Waals surface area contributed by atoms with Crippen molar-refractivity contribution >= 4 is 45.1 Å². The van der Waals surface area contributed by atoms with Crippen molar-refractivity contribution in [2.45, 2.75) is 20.8 Å². The SMILES string of the molecule is CCOC(=O)c1c(NC(=O)COC(=O)c2cc3cc(OC)cc(OC)c3[nH]2)sc(C)c1C. The second-order valence-corrected chi connectivity index (χ2v) is 8.03. The molecule has 0 atom stereocenters. The number of methoxy groups -OCH3 is 2. The van der Waals surface area contributed by atoms with Crippen LogP contribution in [0.5, 0.6) is 11.5 Å². The van der Waals surface area contributed by atoms with E-state index in [2.05, 4.69) is 10.3 Å². The van der Waals surface area contributed by atoms with Crippen LogP contribution in [-0.2, 0) is 14.3 Å². The minimum Gasteiger partial charge on any atom is -0.497 e. The van der Waals surface area contributed by atoms with Crippen LogP contribution in [0.3, 0.4) is 0 Å². The van der Waals surface area contributed by atoms with Crippen molar-refractivity contribution in [2.24, 2.45) is 0 Å². The normalized spacial score (nSPS) is 10.7. The Hall–Kier alpha value is -3.53. The molecule has 0 unspecified atom stereocenters. The lowest BCUT2D eigenvalue weighted by molar-refractivity contribution is -0.119. The van der Waals surface area contributed by atoms with Crippen molar-refractivity contribution < 1.29 is 33.3 Å². The lowest BCUT2D eigenvalue weighted by Gasteiger charge is -2.07. The molecule has 3 aromatic rings. The summed E-state index contributed by atoms with van der Waals surface area (Å²) in [6.07, 6.45) is 0. The fourth-order valence-corrected chi connectivity index (χ4v) is 4.17. The lowest BCUT2D eigenvalue weighted by Crippen LogP contribution is -2.22. The third-order valence-corrected chi connectivity index (χ3v) is 5.92. The Bertz CT molecular complexity index is 1180. The van der Waals surface area contributed by atoms with Gasteiger partial charge in [0.15, 0.2) is 6.61 Å². The van der Waals surface area contributed by atoms with Crippen LogP contribution < -0.4 is 14.8 Å². The maximum atomic E-state index is 12.5. The van der Waals surface area contributed by atoms with Crippen LogP contribution in [-0.4, -0.2) is 50.3 Å². The largest absolute Gasteiger partial charge is 0.497 e. The highest BCUT2D eigenvalue weighted by Crippen LogP contribution is 2.33. The molecule has 2 N–H and O–H groups in total. The molecule has 0 aliphatic heterocycles. The number of aromatic nitrogens is 1. The Morgan fingerprint density at radius 3 is 2.44 bits per heavy atom. The van der Waals surface area contributed by atoms with Crippen molar-refractivity contribution in [1.82, 2.24) is 4.98 Å². The Labute approximate surface area is 188 Å².